The molecule has 2 bridgehead atoms. The lowest BCUT2D eigenvalue weighted by Gasteiger charge is -2.54. The van der Waals surface area contributed by atoms with Crippen molar-refractivity contribution in [1.82, 2.24) is 4.90 Å². The molecule has 194 valence electrons. The number of imide groups is 1. The summed E-state index contributed by atoms with van der Waals surface area (Å²) in [6.45, 7) is 5.47. The molecule has 3 aliphatic carbocycles. The molecule has 3 aromatic rings. The summed E-state index contributed by atoms with van der Waals surface area (Å²) in [5, 5.41) is 3.35. The molecule has 8 heteroatoms. The number of hydrogen-bond acceptors (Lipinski definition) is 3. The topological polar surface area (TPSA) is 66.5 Å². The van der Waals surface area contributed by atoms with E-state index in [2.05, 4.69) is 5.32 Å². The minimum atomic E-state index is -1.29. The zero-order valence-electron chi connectivity index (χ0n) is 21.0. The van der Waals surface area contributed by atoms with Gasteiger partial charge < -0.3 is 5.32 Å². The number of likely N-dealkylation sites (tertiary alicyclic amines) is 1. The van der Waals surface area contributed by atoms with Crippen molar-refractivity contribution in [3.05, 3.63) is 99.6 Å². The Morgan fingerprint density at radius 3 is 1.68 bits per heavy atom. The maximum Gasteiger partial charge on any atom is 0.247 e. The van der Waals surface area contributed by atoms with E-state index in [0.717, 1.165) is 32.7 Å². The van der Waals surface area contributed by atoms with E-state index in [1.165, 1.54) is 0 Å². The van der Waals surface area contributed by atoms with Crippen LogP contribution in [-0.2, 0) is 24.1 Å². The number of halogens is 3. The molecule has 1 N–H and O–H groups in total. The van der Waals surface area contributed by atoms with Gasteiger partial charge in [-0.15, -0.1) is 23.2 Å². The number of benzene rings is 3. The third-order valence-corrected chi connectivity index (χ3v) is 9.93. The second-order valence-corrected chi connectivity index (χ2v) is 12.3. The third kappa shape index (κ3) is 3.16. The average molecular weight is 568 g/mol. The van der Waals surface area contributed by atoms with E-state index in [4.69, 9.17) is 34.8 Å². The standard InChI is InChI=1S/C30H25Cl3N2O3/c1-15(2)25(26(36)34-17-13-12-16(3)22(31)14-17)35-27(37)23-24(28(35)38)30(33)19-9-5-4-8-18(19)29(23,32)20-10-6-7-11-21(20)30/h4-15,23-25H,1-3H3,(H,34,36)/t23-,24-,25+,29?,30?/m1/s1. The molecular weight excluding hydrogens is 543 g/mol. The number of carbonyl (C=O) groups excluding carboxylic acids is 3. The van der Waals surface area contributed by atoms with Gasteiger partial charge in [-0.2, -0.15) is 0 Å². The minimum Gasteiger partial charge on any atom is -0.324 e. The van der Waals surface area contributed by atoms with Gasteiger partial charge in [-0.3, -0.25) is 19.3 Å². The molecule has 4 aliphatic rings. The van der Waals surface area contributed by atoms with Crippen LogP contribution in [0.25, 0.3) is 0 Å². The van der Waals surface area contributed by atoms with E-state index in [1.54, 1.807) is 32.0 Å². The van der Waals surface area contributed by atoms with Crippen LogP contribution >= 0.6 is 34.8 Å². The van der Waals surface area contributed by atoms with Crippen LogP contribution in [0, 0.1) is 24.7 Å². The average Bonchev–Trinajstić information content (AvgIpc) is 3.16. The molecule has 1 saturated heterocycles. The Morgan fingerprint density at radius 2 is 1.29 bits per heavy atom. The van der Waals surface area contributed by atoms with Crippen molar-refractivity contribution >= 4 is 58.2 Å². The minimum absolute atomic E-state index is 0.371. The highest BCUT2D eigenvalue weighted by Gasteiger charge is 2.73. The molecule has 0 aromatic heterocycles. The molecule has 1 aliphatic heterocycles. The van der Waals surface area contributed by atoms with Gasteiger partial charge in [-0.1, -0.05) is 80.0 Å². The highest BCUT2D eigenvalue weighted by Crippen LogP contribution is 2.69. The van der Waals surface area contributed by atoms with Gasteiger partial charge in [0.25, 0.3) is 0 Å². The maximum absolute atomic E-state index is 14.3. The molecule has 0 radical (unpaired) electrons. The molecule has 0 spiro atoms. The number of rotatable bonds is 4. The van der Waals surface area contributed by atoms with Crippen molar-refractivity contribution in [2.75, 3.05) is 5.32 Å². The smallest absolute Gasteiger partial charge is 0.247 e. The first-order valence-corrected chi connectivity index (χ1v) is 13.7. The van der Waals surface area contributed by atoms with Crippen molar-refractivity contribution in [3.63, 3.8) is 0 Å². The molecule has 0 saturated carbocycles. The van der Waals surface area contributed by atoms with Crippen molar-refractivity contribution in [3.8, 4) is 0 Å². The summed E-state index contributed by atoms with van der Waals surface area (Å²) in [7, 11) is 0. The van der Waals surface area contributed by atoms with Crippen molar-refractivity contribution in [1.29, 1.82) is 0 Å². The number of hydrogen-bond donors (Lipinski definition) is 1. The highest BCUT2D eigenvalue weighted by atomic mass is 35.5. The van der Waals surface area contributed by atoms with Crippen LogP contribution in [0.5, 0.6) is 0 Å². The van der Waals surface area contributed by atoms with Gasteiger partial charge in [0, 0.05) is 10.7 Å². The monoisotopic (exact) mass is 566 g/mol. The first-order chi connectivity index (χ1) is 18.0. The second kappa shape index (κ2) is 8.57. The normalized spacial score (nSPS) is 27.7. The first kappa shape index (κ1) is 25.4. The summed E-state index contributed by atoms with van der Waals surface area (Å²) in [5.41, 5.74) is 4.24. The van der Waals surface area contributed by atoms with Gasteiger partial charge in [0.15, 0.2) is 0 Å². The van der Waals surface area contributed by atoms with E-state index >= 15 is 0 Å². The maximum atomic E-state index is 14.3. The van der Waals surface area contributed by atoms with Crippen LogP contribution in [0.1, 0.15) is 41.7 Å². The summed E-state index contributed by atoms with van der Waals surface area (Å²) >= 11 is 21.3. The Bertz CT molecular complexity index is 1410. The van der Waals surface area contributed by atoms with Crippen LogP contribution in [0.2, 0.25) is 5.02 Å². The van der Waals surface area contributed by atoms with Crippen LogP contribution in [-0.4, -0.2) is 28.7 Å². The SMILES string of the molecule is Cc1ccc(NC(=O)[C@H](C(C)C)N2C(=O)[C@H]3[C@H](C2=O)C2(Cl)c4ccccc4C3(Cl)c3ccccc32)cc1Cl. The van der Waals surface area contributed by atoms with Crippen molar-refractivity contribution in [2.45, 2.75) is 36.6 Å². The summed E-state index contributed by atoms with van der Waals surface area (Å²) < 4.78 is 0. The van der Waals surface area contributed by atoms with E-state index in [9.17, 15) is 14.4 Å². The number of anilines is 1. The quantitative estimate of drug-likeness (QED) is 0.301. The molecule has 1 heterocycles. The number of amides is 3. The molecule has 1 fully saturated rings. The second-order valence-electron chi connectivity index (χ2n) is 10.7. The predicted octanol–water partition coefficient (Wildman–Crippen LogP) is 6.20. The number of carbonyl (C=O) groups is 3. The van der Waals surface area contributed by atoms with Gasteiger partial charge in [-0.25, -0.2) is 0 Å². The first-order valence-electron chi connectivity index (χ1n) is 12.5. The number of nitrogens with one attached hydrogen (secondary N) is 1. The Balaban J connectivity index is 1.47. The van der Waals surface area contributed by atoms with Crippen molar-refractivity contribution < 1.29 is 14.4 Å². The summed E-state index contributed by atoms with van der Waals surface area (Å²) in [5.74, 6) is -3.73. The number of aryl methyl sites for hydroxylation is 1. The summed E-state index contributed by atoms with van der Waals surface area (Å²) in [6, 6.07) is 19.0. The molecule has 3 amide bonds. The molecular formula is C30H25Cl3N2O3. The van der Waals surface area contributed by atoms with Crippen molar-refractivity contribution in [2.24, 2.45) is 17.8 Å². The van der Waals surface area contributed by atoms with E-state index < -0.39 is 45.3 Å². The Kier molecular flexibility index (Phi) is 5.73. The van der Waals surface area contributed by atoms with Gasteiger partial charge in [0.05, 0.1) is 11.8 Å². The zero-order valence-corrected chi connectivity index (χ0v) is 23.2. The van der Waals surface area contributed by atoms with Gasteiger partial charge in [0.1, 0.15) is 15.8 Å². The lowest BCUT2D eigenvalue weighted by molar-refractivity contribution is -0.148. The van der Waals surface area contributed by atoms with Gasteiger partial charge in [0.2, 0.25) is 17.7 Å². The van der Waals surface area contributed by atoms with Crippen LogP contribution in [0.4, 0.5) is 5.69 Å². The molecule has 5 nitrogen and oxygen atoms in total. The summed E-state index contributed by atoms with van der Waals surface area (Å²) in [6.07, 6.45) is 0. The number of alkyl halides is 2. The van der Waals surface area contributed by atoms with Gasteiger partial charge >= 0.3 is 0 Å². The fraction of sp³-hybridized carbons (Fsp3) is 0.300. The highest BCUT2D eigenvalue weighted by molar-refractivity contribution is 6.36. The van der Waals surface area contributed by atoms with E-state index in [0.29, 0.717) is 10.7 Å². The molecule has 3 aromatic carbocycles. The predicted molar refractivity (Wildman–Crippen MR) is 148 cm³/mol. The Morgan fingerprint density at radius 1 is 0.842 bits per heavy atom. The number of nitrogens with zero attached hydrogens (tertiary/aromatic N) is 1. The van der Waals surface area contributed by atoms with Crippen LogP contribution < -0.4 is 5.32 Å². The lowest BCUT2D eigenvalue weighted by Crippen LogP contribution is -2.57. The van der Waals surface area contributed by atoms with E-state index in [-0.39, 0.29) is 5.92 Å². The fourth-order valence-electron chi connectivity index (χ4n) is 6.57. The molecule has 7 rings (SSSR count). The summed E-state index contributed by atoms with van der Waals surface area (Å²) in [4.78, 5) is 40.7. The van der Waals surface area contributed by atoms with Crippen LogP contribution in [0.15, 0.2) is 66.7 Å². The van der Waals surface area contributed by atoms with Gasteiger partial charge in [-0.05, 0) is 52.8 Å². The molecule has 3 atom stereocenters. The molecule has 0 unspecified atom stereocenters. The molecule has 38 heavy (non-hydrogen) atoms. The van der Waals surface area contributed by atoms with E-state index in [1.807, 2.05) is 55.5 Å². The third-order valence-electron chi connectivity index (χ3n) is 8.24. The largest absolute Gasteiger partial charge is 0.324 e. The van der Waals surface area contributed by atoms with Crippen LogP contribution in [0.3, 0.4) is 0 Å². The zero-order chi connectivity index (χ0) is 27.1. The Hall–Kier alpha value is -2.86. The Labute approximate surface area is 236 Å². The lowest BCUT2D eigenvalue weighted by atomic mass is 9.54. The fourth-order valence-corrected chi connectivity index (χ4v) is 7.85.